The van der Waals surface area contributed by atoms with Gasteiger partial charge in [-0.1, -0.05) is 6.92 Å². The van der Waals surface area contributed by atoms with Crippen molar-refractivity contribution < 1.29 is 17.9 Å². The molecule has 2 fully saturated rings. The Morgan fingerprint density at radius 3 is 2.31 bits per heavy atom. The van der Waals surface area contributed by atoms with Gasteiger partial charge in [-0.05, 0) is 55.9 Å². The summed E-state index contributed by atoms with van der Waals surface area (Å²) in [6.07, 6.45) is 3.44. The van der Waals surface area contributed by atoms with Crippen molar-refractivity contribution in [1.29, 1.82) is 0 Å². The number of methoxy groups -OCH3 is 1. The zero-order chi connectivity index (χ0) is 18.7. The predicted octanol–water partition coefficient (Wildman–Crippen LogP) is 2.35. The number of carbonyl (C=O) groups excluding carboxylic acids is 1. The molecular weight excluding hydrogens is 352 g/mol. The molecule has 0 bridgehead atoms. The molecule has 7 heteroatoms. The molecule has 0 N–H and O–H groups in total. The quantitative estimate of drug-likeness (QED) is 0.804. The minimum absolute atomic E-state index is 0.0531. The van der Waals surface area contributed by atoms with Gasteiger partial charge in [0.25, 0.3) is 0 Å². The second-order valence-electron chi connectivity index (χ2n) is 7.39. The van der Waals surface area contributed by atoms with E-state index in [0.29, 0.717) is 37.6 Å². The Bertz CT molecular complexity index is 724. The van der Waals surface area contributed by atoms with Crippen LogP contribution in [-0.2, 0) is 14.8 Å². The van der Waals surface area contributed by atoms with E-state index in [9.17, 15) is 13.2 Å². The lowest BCUT2D eigenvalue weighted by Gasteiger charge is -2.36. The Morgan fingerprint density at radius 2 is 1.73 bits per heavy atom. The van der Waals surface area contributed by atoms with E-state index in [-0.39, 0.29) is 16.7 Å². The summed E-state index contributed by atoms with van der Waals surface area (Å²) in [5.74, 6) is 1.34. The first-order valence-electron chi connectivity index (χ1n) is 9.35. The lowest BCUT2D eigenvalue weighted by molar-refractivity contribution is -0.138. The predicted molar refractivity (Wildman–Crippen MR) is 99.5 cm³/mol. The lowest BCUT2D eigenvalue weighted by Crippen LogP contribution is -2.46. The van der Waals surface area contributed by atoms with E-state index >= 15 is 0 Å². The second kappa shape index (κ2) is 7.96. The first kappa shape index (κ1) is 19.2. The third-order valence-corrected chi connectivity index (χ3v) is 7.38. The summed E-state index contributed by atoms with van der Waals surface area (Å²) in [7, 11) is -1.97. The smallest absolute Gasteiger partial charge is 0.243 e. The number of piperidine rings is 2. The van der Waals surface area contributed by atoms with Crippen molar-refractivity contribution in [2.45, 2.75) is 37.5 Å². The fourth-order valence-corrected chi connectivity index (χ4v) is 5.36. The molecule has 1 amide bonds. The Kier molecular flexibility index (Phi) is 5.87. The zero-order valence-corrected chi connectivity index (χ0v) is 16.4. The molecule has 1 aromatic rings. The number of rotatable bonds is 4. The summed E-state index contributed by atoms with van der Waals surface area (Å²) in [4.78, 5) is 15.0. The fraction of sp³-hybridized carbons (Fsp3) is 0.632. The maximum atomic E-state index is 12.8. The number of benzene rings is 1. The molecule has 1 atom stereocenters. The molecular formula is C19H28N2O4S. The highest BCUT2D eigenvalue weighted by Crippen LogP contribution is 2.27. The maximum Gasteiger partial charge on any atom is 0.243 e. The van der Waals surface area contributed by atoms with E-state index in [1.165, 1.54) is 10.7 Å². The van der Waals surface area contributed by atoms with Gasteiger partial charge in [0, 0.05) is 32.1 Å². The third kappa shape index (κ3) is 4.04. The average Bonchev–Trinajstić information content (AvgIpc) is 2.67. The number of hydrogen-bond donors (Lipinski definition) is 0. The zero-order valence-electron chi connectivity index (χ0n) is 15.6. The maximum absolute atomic E-state index is 12.8. The van der Waals surface area contributed by atoms with Crippen LogP contribution < -0.4 is 4.74 Å². The highest BCUT2D eigenvalue weighted by atomic mass is 32.2. The number of carbonyl (C=O) groups is 1. The van der Waals surface area contributed by atoms with Gasteiger partial charge in [-0.15, -0.1) is 0 Å². The van der Waals surface area contributed by atoms with Crippen LogP contribution in [-0.4, -0.2) is 56.8 Å². The standard InChI is InChI=1S/C19H28N2O4S/c1-15-4-3-11-20(14-15)19(22)16-9-12-21(13-10-16)26(23,24)18-7-5-17(25-2)6-8-18/h5-8,15-16H,3-4,9-14H2,1-2H3. The Hall–Kier alpha value is -1.60. The minimum atomic E-state index is -3.52. The van der Waals surface area contributed by atoms with Gasteiger partial charge in [0.2, 0.25) is 15.9 Å². The van der Waals surface area contributed by atoms with Gasteiger partial charge in [0.05, 0.1) is 12.0 Å². The van der Waals surface area contributed by atoms with Gasteiger partial charge in [-0.25, -0.2) is 8.42 Å². The molecule has 2 aliphatic rings. The van der Waals surface area contributed by atoms with Gasteiger partial charge in [-0.3, -0.25) is 4.79 Å². The topological polar surface area (TPSA) is 66.9 Å². The molecule has 3 rings (SSSR count). The summed E-state index contributed by atoms with van der Waals surface area (Å²) < 4.78 is 32.2. The van der Waals surface area contributed by atoms with Crippen LogP contribution in [0, 0.1) is 11.8 Å². The molecule has 1 unspecified atom stereocenters. The number of sulfonamides is 1. The molecule has 0 spiro atoms. The lowest BCUT2D eigenvalue weighted by atomic mass is 9.93. The number of amides is 1. The van der Waals surface area contributed by atoms with Crippen LogP contribution in [0.1, 0.15) is 32.6 Å². The minimum Gasteiger partial charge on any atom is -0.497 e. The first-order valence-corrected chi connectivity index (χ1v) is 10.8. The summed E-state index contributed by atoms with van der Waals surface area (Å²) in [6, 6.07) is 6.45. The van der Waals surface area contributed by atoms with Crippen LogP contribution >= 0.6 is 0 Å². The molecule has 2 saturated heterocycles. The highest BCUT2D eigenvalue weighted by molar-refractivity contribution is 7.89. The number of likely N-dealkylation sites (tertiary alicyclic amines) is 1. The fourth-order valence-electron chi connectivity index (χ4n) is 3.89. The van der Waals surface area contributed by atoms with Crippen LogP contribution in [0.4, 0.5) is 0 Å². The molecule has 26 heavy (non-hydrogen) atoms. The number of ether oxygens (including phenoxy) is 1. The van der Waals surface area contributed by atoms with Crippen molar-refractivity contribution in [3.05, 3.63) is 24.3 Å². The van der Waals surface area contributed by atoms with Crippen LogP contribution in [0.2, 0.25) is 0 Å². The second-order valence-corrected chi connectivity index (χ2v) is 9.32. The van der Waals surface area contributed by atoms with Gasteiger partial charge < -0.3 is 9.64 Å². The van der Waals surface area contributed by atoms with Crippen molar-refractivity contribution in [3.8, 4) is 5.75 Å². The first-order chi connectivity index (χ1) is 12.4. The van der Waals surface area contributed by atoms with E-state index in [2.05, 4.69) is 6.92 Å². The van der Waals surface area contributed by atoms with Crippen LogP contribution in [0.5, 0.6) is 5.75 Å². The Labute approximate surface area is 156 Å². The van der Waals surface area contributed by atoms with Crippen LogP contribution in [0.25, 0.3) is 0 Å². The van der Waals surface area contributed by atoms with Crippen molar-refractivity contribution in [3.63, 3.8) is 0 Å². The Balaban J connectivity index is 1.61. The van der Waals surface area contributed by atoms with Crippen molar-refractivity contribution in [1.82, 2.24) is 9.21 Å². The van der Waals surface area contributed by atoms with Crippen LogP contribution in [0.3, 0.4) is 0 Å². The molecule has 2 aliphatic heterocycles. The van der Waals surface area contributed by atoms with Gasteiger partial charge in [0.1, 0.15) is 5.75 Å². The van der Waals surface area contributed by atoms with Crippen molar-refractivity contribution in [2.75, 3.05) is 33.3 Å². The third-order valence-electron chi connectivity index (χ3n) is 5.47. The summed E-state index contributed by atoms with van der Waals surface area (Å²) in [5.41, 5.74) is 0. The summed E-state index contributed by atoms with van der Waals surface area (Å²) >= 11 is 0. The molecule has 2 heterocycles. The van der Waals surface area contributed by atoms with Crippen LogP contribution in [0.15, 0.2) is 29.2 Å². The van der Waals surface area contributed by atoms with Crippen molar-refractivity contribution in [2.24, 2.45) is 11.8 Å². The average molecular weight is 381 g/mol. The SMILES string of the molecule is COc1ccc(S(=O)(=O)N2CCC(C(=O)N3CCCC(C)C3)CC2)cc1. The van der Waals surface area contributed by atoms with E-state index in [1.807, 2.05) is 4.90 Å². The monoisotopic (exact) mass is 380 g/mol. The molecule has 144 valence electrons. The highest BCUT2D eigenvalue weighted by Gasteiger charge is 2.34. The van der Waals surface area contributed by atoms with E-state index < -0.39 is 10.0 Å². The van der Waals surface area contributed by atoms with Crippen molar-refractivity contribution >= 4 is 15.9 Å². The molecule has 0 aromatic heterocycles. The molecule has 0 radical (unpaired) electrons. The molecule has 0 saturated carbocycles. The number of hydrogen-bond acceptors (Lipinski definition) is 4. The Morgan fingerprint density at radius 1 is 1.08 bits per heavy atom. The van der Waals surface area contributed by atoms with Gasteiger partial charge in [0.15, 0.2) is 0 Å². The molecule has 6 nitrogen and oxygen atoms in total. The normalized spacial score (nSPS) is 23.0. The van der Waals surface area contributed by atoms with Gasteiger partial charge >= 0.3 is 0 Å². The number of nitrogens with zero attached hydrogens (tertiary/aromatic N) is 2. The van der Waals surface area contributed by atoms with Gasteiger partial charge in [-0.2, -0.15) is 4.31 Å². The van der Waals surface area contributed by atoms with E-state index in [4.69, 9.17) is 4.74 Å². The van der Waals surface area contributed by atoms with E-state index in [0.717, 1.165) is 19.5 Å². The molecule has 0 aliphatic carbocycles. The molecule has 1 aromatic carbocycles. The van der Waals surface area contributed by atoms with E-state index in [1.54, 1.807) is 31.4 Å². The largest absolute Gasteiger partial charge is 0.497 e. The summed E-state index contributed by atoms with van der Waals surface area (Å²) in [6.45, 7) is 4.66. The summed E-state index contributed by atoms with van der Waals surface area (Å²) in [5, 5.41) is 0.